The van der Waals surface area contributed by atoms with Crippen molar-refractivity contribution < 1.29 is 9.59 Å². The molecule has 0 aromatic rings. The second kappa shape index (κ2) is 7.32. The zero-order chi connectivity index (χ0) is 11.0. The van der Waals surface area contributed by atoms with Crippen molar-refractivity contribution >= 4 is 11.8 Å². The number of nitrogens with two attached hydrogens (primary N) is 1. The Hall–Kier alpha value is -1.10. The highest BCUT2D eigenvalue weighted by Crippen LogP contribution is 1.97. The third-order valence-corrected chi connectivity index (χ3v) is 1.76. The number of hydrogen-bond acceptors (Lipinski definition) is 3. The van der Waals surface area contributed by atoms with Crippen molar-refractivity contribution in [3.63, 3.8) is 0 Å². The molecule has 0 aromatic heterocycles. The summed E-state index contributed by atoms with van der Waals surface area (Å²) in [5.74, 6) is 0.0960. The molecule has 4 N–H and O–H groups in total. The standard InChI is InChI=1S/C9H19N3O2/c1-7(6-10)5-9(14)12-4-3-11-8(2)13/h7H,3-6,10H2,1-2H3,(H,11,13)(H,12,14). The van der Waals surface area contributed by atoms with Gasteiger partial charge in [-0.25, -0.2) is 0 Å². The number of rotatable bonds is 6. The minimum atomic E-state index is -0.0884. The topological polar surface area (TPSA) is 84.2 Å². The van der Waals surface area contributed by atoms with Crippen LogP contribution in [-0.4, -0.2) is 31.4 Å². The molecule has 82 valence electrons. The fraction of sp³-hybridized carbons (Fsp3) is 0.778. The van der Waals surface area contributed by atoms with Crippen LogP contribution < -0.4 is 16.4 Å². The molecule has 0 bridgehead atoms. The molecule has 0 rings (SSSR count). The van der Waals surface area contributed by atoms with Gasteiger partial charge in [0.05, 0.1) is 0 Å². The lowest BCUT2D eigenvalue weighted by molar-refractivity contribution is -0.122. The van der Waals surface area contributed by atoms with Gasteiger partial charge in [0, 0.05) is 26.4 Å². The number of carbonyl (C=O) groups excluding carboxylic acids is 2. The summed E-state index contributed by atoms with van der Waals surface area (Å²) in [5, 5.41) is 5.28. The molecular weight excluding hydrogens is 182 g/mol. The van der Waals surface area contributed by atoms with E-state index in [1.807, 2.05) is 6.92 Å². The van der Waals surface area contributed by atoms with Gasteiger partial charge in [0.15, 0.2) is 0 Å². The quantitative estimate of drug-likeness (QED) is 0.493. The fourth-order valence-corrected chi connectivity index (χ4v) is 0.912. The molecule has 0 aliphatic heterocycles. The average molecular weight is 201 g/mol. The molecular formula is C9H19N3O2. The summed E-state index contributed by atoms with van der Waals surface area (Å²) in [4.78, 5) is 21.6. The maximum Gasteiger partial charge on any atom is 0.220 e. The third-order valence-electron chi connectivity index (χ3n) is 1.76. The van der Waals surface area contributed by atoms with Gasteiger partial charge in [-0.1, -0.05) is 6.92 Å². The van der Waals surface area contributed by atoms with Crippen LogP contribution in [-0.2, 0) is 9.59 Å². The van der Waals surface area contributed by atoms with Crippen LogP contribution in [0.25, 0.3) is 0 Å². The van der Waals surface area contributed by atoms with E-state index in [1.54, 1.807) is 0 Å². The van der Waals surface area contributed by atoms with E-state index >= 15 is 0 Å². The molecule has 0 aromatic carbocycles. The van der Waals surface area contributed by atoms with Crippen molar-refractivity contribution in [3.8, 4) is 0 Å². The Bertz CT molecular complexity index is 194. The van der Waals surface area contributed by atoms with E-state index in [-0.39, 0.29) is 17.7 Å². The molecule has 0 aliphatic rings. The van der Waals surface area contributed by atoms with Gasteiger partial charge >= 0.3 is 0 Å². The van der Waals surface area contributed by atoms with Gasteiger partial charge in [0.1, 0.15) is 0 Å². The van der Waals surface area contributed by atoms with E-state index in [1.165, 1.54) is 6.92 Å². The molecule has 2 amide bonds. The van der Waals surface area contributed by atoms with Crippen LogP contribution in [0.5, 0.6) is 0 Å². The van der Waals surface area contributed by atoms with E-state index in [4.69, 9.17) is 5.73 Å². The fourth-order valence-electron chi connectivity index (χ4n) is 0.912. The highest BCUT2D eigenvalue weighted by atomic mass is 16.2. The molecule has 1 unspecified atom stereocenters. The molecule has 0 spiro atoms. The largest absolute Gasteiger partial charge is 0.355 e. The number of carbonyl (C=O) groups is 2. The lowest BCUT2D eigenvalue weighted by Gasteiger charge is -2.09. The van der Waals surface area contributed by atoms with Crippen LogP contribution in [0.1, 0.15) is 20.3 Å². The predicted octanol–water partition coefficient (Wildman–Crippen LogP) is -0.776. The van der Waals surface area contributed by atoms with Crippen molar-refractivity contribution in [1.82, 2.24) is 10.6 Å². The van der Waals surface area contributed by atoms with E-state index in [0.717, 1.165) is 0 Å². The summed E-state index contributed by atoms with van der Waals surface area (Å²) in [6.45, 7) is 4.82. The van der Waals surface area contributed by atoms with Gasteiger partial charge in [-0.2, -0.15) is 0 Å². The normalized spacial score (nSPS) is 11.9. The first-order chi connectivity index (χ1) is 6.56. The van der Waals surface area contributed by atoms with Crippen molar-refractivity contribution in [2.45, 2.75) is 20.3 Å². The Labute approximate surface area is 84.4 Å². The molecule has 1 atom stereocenters. The SMILES string of the molecule is CC(=O)NCCNC(=O)CC(C)CN. The summed E-state index contributed by atoms with van der Waals surface area (Å²) in [5.41, 5.74) is 5.38. The van der Waals surface area contributed by atoms with Crippen LogP contribution >= 0.6 is 0 Å². The summed E-state index contributed by atoms with van der Waals surface area (Å²) in [6.07, 6.45) is 0.441. The van der Waals surface area contributed by atoms with Crippen molar-refractivity contribution in [2.24, 2.45) is 11.7 Å². The lowest BCUT2D eigenvalue weighted by Crippen LogP contribution is -2.34. The van der Waals surface area contributed by atoms with Crippen molar-refractivity contribution in [1.29, 1.82) is 0 Å². The van der Waals surface area contributed by atoms with Crippen LogP contribution in [0.2, 0.25) is 0 Å². The van der Waals surface area contributed by atoms with Crippen LogP contribution in [0, 0.1) is 5.92 Å². The Kier molecular flexibility index (Phi) is 6.74. The molecule has 5 nitrogen and oxygen atoms in total. The monoisotopic (exact) mass is 201 g/mol. The Morgan fingerprint density at radius 1 is 1.29 bits per heavy atom. The zero-order valence-corrected chi connectivity index (χ0v) is 8.80. The lowest BCUT2D eigenvalue weighted by atomic mass is 10.1. The smallest absolute Gasteiger partial charge is 0.220 e. The maximum absolute atomic E-state index is 11.2. The van der Waals surface area contributed by atoms with Gasteiger partial charge < -0.3 is 16.4 Å². The van der Waals surface area contributed by atoms with Gasteiger partial charge in [0.2, 0.25) is 11.8 Å². The summed E-state index contributed by atoms with van der Waals surface area (Å²) in [7, 11) is 0. The summed E-state index contributed by atoms with van der Waals surface area (Å²) < 4.78 is 0. The molecule has 0 fully saturated rings. The highest BCUT2D eigenvalue weighted by Gasteiger charge is 2.06. The minimum absolute atomic E-state index is 0.0201. The van der Waals surface area contributed by atoms with Gasteiger partial charge in [-0.15, -0.1) is 0 Å². The van der Waals surface area contributed by atoms with Crippen molar-refractivity contribution in [3.05, 3.63) is 0 Å². The van der Waals surface area contributed by atoms with E-state index in [0.29, 0.717) is 26.1 Å². The first-order valence-electron chi connectivity index (χ1n) is 4.77. The summed E-state index contributed by atoms with van der Waals surface area (Å²) >= 11 is 0. The summed E-state index contributed by atoms with van der Waals surface area (Å²) in [6, 6.07) is 0. The molecule has 0 saturated carbocycles. The molecule has 0 heterocycles. The third kappa shape index (κ3) is 7.54. The zero-order valence-electron chi connectivity index (χ0n) is 8.80. The van der Waals surface area contributed by atoms with E-state index in [9.17, 15) is 9.59 Å². The molecule has 0 saturated heterocycles. The van der Waals surface area contributed by atoms with Crippen molar-refractivity contribution in [2.75, 3.05) is 19.6 Å². The molecule has 0 radical (unpaired) electrons. The maximum atomic E-state index is 11.2. The number of nitrogens with one attached hydrogen (secondary N) is 2. The van der Waals surface area contributed by atoms with Gasteiger partial charge in [0.25, 0.3) is 0 Å². The highest BCUT2D eigenvalue weighted by molar-refractivity contribution is 5.76. The Balaban J connectivity index is 3.40. The molecule has 14 heavy (non-hydrogen) atoms. The van der Waals surface area contributed by atoms with Crippen LogP contribution in [0.4, 0.5) is 0 Å². The second-order valence-corrected chi connectivity index (χ2v) is 3.38. The van der Waals surface area contributed by atoms with Crippen LogP contribution in [0.15, 0.2) is 0 Å². The predicted molar refractivity (Wildman–Crippen MR) is 54.5 cm³/mol. The molecule has 5 heteroatoms. The Morgan fingerprint density at radius 2 is 1.86 bits per heavy atom. The minimum Gasteiger partial charge on any atom is -0.355 e. The average Bonchev–Trinajstić information content (AvgIpc) is 2.12. The first kappa shape index (κ1) is 12.9. The Morgan fingerprint density at radius 3 is 2.36 bits per heavy atom. The van der Waals surface area contributed by atoms with Gasteiger partial charge in [-0.05, 0) is 12.5 Å². The number of amides is 2. The first-order valence-corrected chi connectivity index (χ1v) is 4.77. The van der Waals surface area contributed by atoms with Gasteiger partial charge in [-0.3, -0.25) is 9.59 Å². The molecule has 0 aliphatic carbocycles. The number of hydrogen-bond donors (Lipinski definition) is 3. The van der Waals surface area contributed by atoms with E-state index < -0.39 is 0 Å². The second-order valence-electron chi connectivity index (χ2n) is 3.38. The van der Waals surface area contributed by atoms with Crippen LogP contribution in [0.3, 0.4) is 0 Å². The van der Waals surface area contributed by atoms with E-state index in [2.05, 4.69) is 10.6 Å².